The second kappa shape index (κ2) is 15.0. The van der Waals surface area contributed by atoms with Crippen LogP contribution in [0.3, 0.4) is 0 Å². The molecule has 0 rings (SSSR count). The molecule has 0 aliphatic rings. The van der Waals surface area contributed by atoms with E-state index in [1.807, 2.05) is 6.92 Å². The van der Waals surface area contributed by atoms with Gasteiger partial charge in [0.25, 0.3) is 0 Å². The normalized spacial score (nSPS) is 17.1. The summed E-state index contributed by atoms with van der Waals surface area (Å²) in [7, 11) is 0. The van der Waals surface area contributed by atoms with E-state index >= 15 is 0 Å². The quantitative estimate of drug-likeness (QED) is 0.0629. The highest BCUT2D eigenvalue weighted by Gasteiger charge is 2.33. The Morgan fingerprint density at radius 2 is 1.41 bits per heavy atom. The molecule has 0 aromatic carbocycles. The van der Waals surface area contributed by atoms with Crippen molar-refractivity contribution in [1.82, 2.24) is 16.0 Å². The fourth-order valence-electron chi connectivity index (χ4n) is 2.84. The van der Waals surface area contributed by atoms with Crippen molar-refractivity contribution in [2.75, 3.05) is 6.54 Å². The van der Waals surface area contributed by atoms with E-state index in [-0.39, 0.29) is 31.3 Å². The summed E-state index contributed by atoms with van der Waals surface area (Å²) >= 11 is 0. The predicted molar refractivity (Wildman–Crippen MR) is 124 cm³/mol. The summed E-state index contributed by atoms with van der Waals surface area (Å²) in [5.41, 5.74) is 16.4. The number of guanidine groups is 1. The Morgan fingerprint density at radius 3 is 1.85 bits per heavy atom. The van der Waals surface area contributed by atoms with Crippen LogP contribution in [0.15, 0.2) is 4.99 Å². The summed E-state index contributed by atoms with van der Waals surface area (Å²) < 4.78 is 0. The number of nitrogens with two attached hydrogens (primary N) is 3. The van der Waals surface area contributed by atoms with Crippen molar-refractivity contribution in [3.8, 4) is 0 Å². The maximum atomic E-state index is 12.9. The molecule has 14 nitrogen and oxygen atoms in total. The van der Waals surface area contributed by atoms with Gasteiger partial charge in [0.1, 0.15) is 12.1 Å². The summed E-state index contributed by atoms with van der Waals surface area (Å²) in [5.74, 6) is -4.24. The number of carboxylic acids is 1. The van der Waals surface area contributed by atoms with Crippen LogP contribution < -0.4 is 33.2 Å². The van der Waals surface area contributed by atoms with Gasteiger partial charge in [-0.25, -0.2) is 4.79 Å². The van der Waals surface area contributed by atoms with Gasteiger partial charge in [0, 0.05) is 6.54 Å². The molecule has 0 radical (unpaired) electrons. The average Bonchev–Trinajstić information content (AvgIpc) is 2.75. The SMILES string of the molecule is CCC(C)C(N)C(=O)NC(C(=O)NC(CCCN=C(N)N)C(=O)NC(C(=O)O)C(C)O)C(C)O. The molecule has 34 heavy (non-hydrogen) atoms. The molecular weight excluding hydrogens is 450 g/mol. The smallest absolute Gasteiger partial charge is 0.328 e. The van der Waals surface area contributed by atoms with Crippen LogP contribution in [0.5, 0.6) is 0 Å². The van der Waals surface area contributed by atoms with Gasteiger partial charge in [-0.3, -0.25) is 19.4 Å². The molecule has 0 aliphatic carbocycles. The zero-order chi connectivity index (χ0) is 26.6. The van der Waals surface area contributed by atoms with Crippen molar-refractivity contribution in [3.63, 3.8) is 0 Å². The van der Waals surface area contributed by atoms with Crippen LogP contribution >= 0.6 is 0 Å². The highest BCUT2D eigenvalue weighted by atomic mass is 16.4. The van der Waals surface area contributed by atoms with Gasteiger partial charge >= 0.3 is 5.97 Å². The minimum atomic E-state index is -1.62. The van der Waals surface area contributed by atoms with E-state index in [4.69, 9.17) is 17.2 Å². The molecule has 7 unspecified atom stereocenters. The van der Waals surface area contributed by atoms with Crippen molar-refractivity contribution in [3.05, 3.63) is 0 Å². The number of amides is 3. The van der Waals surface area contributed by atoms with Gasteiger partial charge in [0.2, 0.25) is 17.7 Å². The van der Waals surface area contributed by atoms with Crippen LogP contribution in [0.1, 0.15) is 47.0 Å². The maximum absolute atomic E-state index is 12.9. The molecule has 0 bridgehead atoms. The number of aliphatic carboxylic acids is 1. The van der Waals surface area contributed by atoms with Gasteiger partial charge in [-0.15, -0.1) is 0 Å². The Bertz CT molecular complexity index is 726. The van der Waals surface area contributed by atoms with Gasteiger partial charge < -0.3 is 48.5 Å². The lowest BCUT2D eigenvalue weighted by Gasteiger charge is -2.27. The first-order valence-corrected chi connectivity index (χ1v) is 11.0. The Labute approximate surface area is 198 Å². The molecule has 7 atom stereocenters. The van der Waals surface area contributed by atoms with Crippen LogP contribution in [-0.2, 0) is 19.2 Å². The first kappa shape index (κ1) is 31.0. The number of rotatable bonds is 15. The lowest BCUT2D eigenvalue weighted by molar-refractivity contribution is -0.145. The molecule has 0 aromatic heterocycles. The molecule has 0 heterocycles. The van der Waals surface area contributed by atoms with Crippen molar-refractivity contribution in [2.45, 2.75) is 83.3 Å². The number of nitrogens with one attached hydrogen (secondary N) is 3. The largest absolute Gasteiger partial charge is 0.480 e. The number of hydrogen-bond donors (Lipinski definition) is 9. The maximum Gasteiger partial charge on any atom is 0.328 e. The third-order valence-electron chi connectivity index (χ3n) is 5.25. The third-order valence-corrected chi connectivity index (χ3v) is 5.25. The summed E-state index contributed by atoms with van der Waals surface area (Å²) in [6.45, 7) is 6.20. The van der Waals surface area contributed by atoms with E-state index in [1.165, 1.54) is 13.8 Å². The number of carbonyl (C=O) groups excluding carboxylic acids is 3. The minimum absolute atomic E-state index is 0.00659. The highest BCUT2D eigenvalue weighted by molar-refractivity contribution is 5.94. The number of carboxylic acid groups (broad SMARTS) is 1. The average molecular weight is 490 g/mol. The zero-order valence-corrected chi connectivity index (χ0v) is 20.0. The lowest BCUT2D eigenvalue weighted by Crippen LogP contribution is -2.60. The fourth-order valence-corrected chi connectivity index (χ4v) is 2.84. The number of aliphatic hydroxyl groups is 2. The van der Waals surface area contributed by atoms with E-state index < -0.39 is 60.1 Å². The molecule has 0 saturated carbocycles. The molecule has 196 valence electrons. The van der Waals surface area contributed by atoms with Crippen molar-refractivity contribution in [1.29, 1.82) is 0 Å². The fraction of sp³-hybridized carbons (Fsp3) is 0.750. The lowest BCUT2D eigenvalue weighted by atomic mass is 9.98. The first-order chi connectivity index (χ1) is 15.7. The molecule has 0 aromatic rings. The summed E-state index contributed by atoms with van der Waals surface area (Å²) in [5, 5.41) is 35.8. The summed E-state index contributed by atoms with van der Waals surface area (Å²) in [6.07, 6.45) is -1.90. The number of nitrogens with zero attached hydrogens (tertiary/aromatic N) is 1. The van der Waals surface area contributed by atoms with Crippen LogP contribution in [0, 0.1) is 5.92 Å². The Balaban J connectivity index is 5.58. The van der Waals surface area contributed by atoms with Gasteiger partial charge in [0.15, 0.2) is 12.0 Å². The van der Waals surface area contributed by atoms with Gasteiger partial charge in [-0.05, 0) is 32.6 Å². The van der Waals surface area contributed by atoms with E-state index in [2.05, 4.69) is 20.9 Å². The van der Waals surface area contributed by atoms with E-state index in [0.717, 1.165) is 0 Å². The molecule has 0 aliphatic heterocycles. The topological polar surface area (TPSA) is 255 Å². The van der Waals surface area contributed by atoms with Crippen LogP contribution in [-0.4, -0.2) is 87.9 Å². The standard InChI is InChI=1S/C20H39N7O7/c1-5-9(2)13(21)17(31)26-14(10(3)28)18(32)25-12(7-6-8-24-20(22)23)16(30)27-15(11(4)29)19(33)34/h9-15,28-29H,5-8,21H2,1-4H3,(H,25,32)(H,26,31)(H,27,30)(H,33,34)(H4,22,23,24). The third kappa shape index (κ3) is 10.8. The first-order valence-electron chi connectivity index (χ1n) is 11.0. The van der Waals surface area contributed by atoms with Crippen molar-refractivity contribution >= 4 is 29.7 Å². The Morgan fingerprint density at radius 1 is 0.882 bits per heavy atom. The van der Waals surface area contributed by atoms with Crippen molar-refractivity contribution < 1.29 is 34.5 Å². The van der Waals surface area contributed by atoms with Crippen LogP contribution in [0.25, 0.3) is 0 Å². The second-order valence-corrected chi connectivity index (χ2v) is 8.21. The molecule has 3 amide bonds. The number of carbonyl (C=O) groups is 4. The molecular formula is C20H39N7O7. The zero-order valence-electron chi connectivity index (χ0n) is 20.0. The van der Waals surface area contributed by atoms with Crippen LogP contribution in [0.4, 0.5) is 0 Å². The summed E-state index contributed by atoms with van der Waals surface area (Å²) in [6, 6.07) is -5.24. The number of aliphatic imine (C=N–C) groups is 1. The number of hydrogen-bond acceptors (Lipinski definition) is 8. The molecule has 0 spiro atoms. The van der Waals surface area contributed by atoms with Crippen LogP contribution in [0.2, 0.25) is 0 Å². The Kier molecular flexibility index (Phi) is 13.7. The second-order valence-electron chi connectivity index (χ2n) is 8.21. The van der Waals surface area contributed by atoms with Gasteiger partial charge in [-0.2, -0.15) is 0 Å². The van der Waals surface area contributed by atoms with Gasteiger partial charge in [0.05, 0.1) is 18.2 Å². The molecule has 14 heteroatoms. The van der Waals surface area contributed by atoms with E-state index in [1.54, 1.807) is 6.92 Å². The molecule has 12 N–H and O–H groups in total. The Hall–Kier alpha value is -2.97. The highest BCUT2D eigenvalue weighted by Crippen LogP contribution is 2.07. The number of aliphatic hydroxyl groups excluding tert-OH is 2. The van der Waals surface area contributed by atoms with Crippen molar-refractivity contribution in [2.24, 2.45) is 28.1 Å². The van der Waals surface area contributed by atoms with E-state index in [0.29, 0.717) is 6.42 Å². The van der Waals surface area contributed by atoms with E-state index in [9.17, 15) is 34.5 Å². The minimum Gasteiger partial charge on any atom is -0.480 e. The molecule has 0 saturated heterocycles. The summed E-state index contributed by atoms with van der Waals surface area (Å²) in [4.78, 5) is 53.1. The van der Waals surface area contributed by atoms with Gasteiger partial charge in [-0.1, -0.05) is 20.3 Å². The molecule has 0 fully saturated rings. The monoisotopic (exact) mass is 489 g/mol. The predicted octanol–water partition coefficient (Wildman–Crippen LogP) is -3.29.